The molecule has 0 atom stereocenters. The first-order valence-electron chi connectivity index (χ1n) is 7.04. The molecule has 0 bridgehead atoms. The summed E-state index contributed by atoms with van der Waals surface area (Å²) in [5, 5.41) is 3.68. The standard InChI is InChI=1S/C14H29N/c1-3-5-6-9-12-15-13-14(4-2)10-7-8-11-14/h15H,3-13H2,1-2H3. The summed E-state index contributed by atoms with van der Waals surface area (Å²) in [5.41, 5.74) is 0.671. The van der Waals surface area contributed by atoms with Gasteiger partial charge in [0.05, 0.1) is 0 Å². The maximum absolute atomic E-state index is 3.68. The molecule has 0 saturated heterocycles. The first-order valence-corrected chi connectivity index (χ1v) is 7.04. The molecule has 1 aliphatic rings. The second-order valence-corrected chi connectivity index (χ2v) is 5.30. The zero-order valence-corrected chi connectivity index (χ0v) is 10.8. The minimum absolute atomic E-state index is 0.671. The van der Waals surface area contributed by atoms with E-state index in [-0.39, 0.29) is 0 Å². The highest BCUT2D eigenvalue weighted by Crippen LogP contribution is 2.40. The molecule has 0 aromatic rings. The lowest BCUT2D eigenvalue weighted by Gasteiger charge is -2.27. The fraction of sp³-hybridized carbons (Fsp3) is 1.00. The van der Waals surface area contributed by atoms with Crippen molar-refractivity contribution in [3.05, 3.63) is 0 Å². The monoisotopic (exact) mass is 211 g/mol. The molecule has 0 radical (unpaired) electrons. The number of nitrogens with one attached hydrogen (secondary N) is 1. The van der Waals surface area contributed by atoms with Crippen molar-refractivity contribution in [3.8, 4) is 0 Å². The molecule has 1 fully saturated rings. The average molecular weight is 211 g/mol. The van der Waals surface area contributed by atoms with Crippen LogP contribution in [-0.2, 0) is 0 Å². The second kappa shape index (κ2) is 7.27. The molecule has 0 amide bonds. The number of rotatable bonds is 8. The molecule has 1 aliphatic carbocycles. The van der Waals surface area contributed by atoms with Crippen molar-refractivity contribution in [3.63, 3.8) is 0 Å². The van der Waals surface area contributed by atoms with E-state index < -0.39 is 0 Å². The Labute approximate surface area is 96.0 Å². The van der Waals surface area contributed by atoms with Gasteiger partial charge in [-0.2, -0.15) is 0 Å². The Morgan fingerprint density at radius 2 is 1.73 bits per heavy atom. The normalized spacial score (nSPS) is 19.6. The van der Waals surface area contributed by atoms with Gasteiger partial charge in [-0.3, -0.25) is 0 Å². The molecular formula is C14H29N. The summed E-state index contributed by atoms with van der Waals surface area (Å²) in [6.07, 6.45) is 12.7. The van der Waals surface area contributed by atoms with E-state index in [1.54, 1.807) is 0 Å². The minimum Gasteiger partial charge on any atom is -0.316 e. The Morgan fingerprint density at radius 1 is 1.00 bits per heavy atom. The van der Waals surface area contributed by atoms with Gasteiger partial charge < -0.3 is 5.32 Å². The lowest BCUT2D eigenvalue weighted by molar-refractivity contribution is 0.268. The third-order valence-corrected chi connectivity index (χ3v) is 4.12. The Hall–Kier alpha value is -0.0400. The fourth-order valence-electron chi connectivity index (χ4n) is 2.81. The summed E-state index contributed by atoms with van der Waals surface area (Å²) in [4.78, 5) is 0. The molecule has 1 saturated carbocycles. The maximum Gasteiger partial charge on any atom is 0.000770 e. The third-order valence-electron chi connectivity index (χ3n) is 4.12. The van der Waals surface area contributed by atoms with Crippen LogP contribution in [0.4, 0.5) is 0 Å². The van der Waals surface area contributed by atoms with Gasteiger partial charge in [0.2, 0.25) is 0 Å². The van der Waals surface area contributed by atoms with E-state index in [9.17, 15) is 0 Å². The highest BCUT2D eigenvalue weighted by atomic mass is 14.9. The summed E-state index contributed by atoms with van der Waals surface area (Å²) in [5.74, 6) is 0. The van der Waals surface area contributed by atoms with Crippen molar-refractivity contribution in [2.45, 2.75) is 71.6 Å². The summed E-state index contributed by atoms with van der Waals surface area (Å²) in [6.45, 7) is 7.15. The molecule has 0 aromatic heterocycles. The van der Waals surface area contributed by atoms with Crippen LogP contribution in [-0.4, -0.2) is 13.1 Å². The van der Waals surface area contributed by atoms with Crippen LogP contribution in [0.1, 0.15) is 71.6 Å². The Bertz CT molecular complexity index is 147. The summed E-state index contributed by atoms with van der Waals surface area (Å²) < 4.78 is 0. The SMILES string of the molecule is CCCCCCNCC1(CC)CCCC1. The largest absolute Gasteiger partial charge is 0.316 e. The second-order valence-electron chi connectivity index (χ2n) is 5.30. The van der Waals surface area contributed by atoms with Crippen LogP contribution in [0.3, 0.4) is 0 Å². The lowest BCUT2D eigenvalue weighted by atomic mass is 9.83. The van der Waals surface area contributed by atoms with Crippen molar-refractivity contribution < 1.29 is 0 Å². The predicted molar refractivity (Wildman–Crippen MR) is 68.2 cm³/mol. The van der Waals surface area contributed by atoms with E-state index in [0.717, 1.165) is 0 Å². The maximum atomic E-state index is 3.68. The molecule has 1 rings (SSSR count). The topological polar surface area (TPSA) is 12.0 Å². The van der Waals surface area contributed by atoms with E-state index in [0.29, 0.717) is 5.41 Å². The van der Waals surface area contributed by atoms with Crippen LogP contribution in [0.25, 0.3) is 0 Å². The number of unbranched alkanes of at least 4 members (excludes halogenated alkanes) is 3. The first-order chi connectivity index (χ1) is 7.33. The van der Waals surface area contributed by atoms with Gasteiger partial charge in [-0.15, -0.1) is 0 Å². The van der Waals surface area contributed by atoms with E-state index in [4.69, 9.17) is 0 Å². The van der Waals surface area contributed by atoms with Gasteiger partial charge in [-0.05, 0) is 37.6 Å². The van der Waals surface area contributed by atoms with E-state index in [2.05, 4.69) is 19.2 Å². The highest BCUT2D eigenvalue weighted by molar-refractivity contribution is 4.85. The molecule has 1 heteroatoms. The Balaban J connectivity index is 2.02. The summed E-state index contributed by atoms with van der Waals surface area (Å²) >= 11 is 0. The summed E-state index contributed by atoms with van der Waals surface area (Å²) in [7, 11) is 0. The third kappa shape index (κ3) is 4.55. The molecule has 0 aromatic carbocycles. The van der Waals surface area contributed by atoms with Gasteiger partial charge >= 0.3 is 0 Å². The van der Waals surface area contributed by atoms with Gasteiger partial charge in [0, 0.05) is 6.54 Å². The lowest BCUT2D eigenvalue weighted by Crippen LogP contribution is -2.32. The van der Waals surface area contributed by atoms with Gasteiger partial charge in [-0.1, -0.05) is 46.0 Å². The quantitative estimate of drug-likeness (QED) is 0.595. The highest BCUT2D eigenvalue weighted by Gasteiger charge is 2.31. The number of hydrogen-bond acceptors (Lipinski definition) is 1. The molecule has 0 heterocycles. The van der Waals surface area contributed by atoms with E-state index in [1.165, 1.54) is 70.9 Å². The molecule has 1 nitrogen and oxygen atoms in total. The van der Waals surface area contributed by atoms with Crippen molar-refractivity contribution >= 4 is 0 Å². The zero-order valence-electron chi connectivity index (χ0n) is 10.8. The van der Waals surface area contributed by atoms with Crippen LogP contribution in [0.15, 0.2) is 0 Å². The molecule has 0 spiro atoms. The molecule has 15 heavy (non-hydrogen) atoms. The van der Waals surface area contributed by atoms with Crippen molar-refractivity contribution in [2.75, 3.05) is 13.1 Å². The van der Waals surface area contributed by atoms with E-state index in [1.807, 2.05) is 0 Å². The molecule has 1 N–H and O–H groups in total. The molecular weight excluding hydrogens is 182 g/mol. The minimum atomic E-state index is 0.671. The van der Waals surface area contributed by atoms with Crippen LogP contribution in [0, 0.1) is 5.41 Å². The van der Waals surface area contributed by atoms with Crippen LogP contribution < -0.4 is 5.32 Å². The summed E-state index contributed by atoms with van der Waals surface area (Å²) in [6, 6.07) is 0. The smallest absolute Gasteiger partial charge is 0.000770 e. The van der Waals surface area contributed by atoms with Crippen molar-refractivity contribution in [2.24, 2.45) is 5.41 Å². The molecule has 90 valence electrons. The zero-order chi connectivity index (χ0) is 11.0. The van der Waals surface area contributed by atoms with Gasteiger partial charge in [0.1, 0.15) is 0 Å². The van der Waals surface area contributed by atoms with Crippen LogP contribution in [0.5, 0.6) is 0 Å². The van der Waals surface area contributed by atoms with Gasteiger partial charge in [0.25, 0.3) is 0 Å². The molecule has 0 aliphatic heterocycles. The molecule has 0 unspecified atom stereocenters. The average Bonchev–Trinajstić information content (AvgIpc) is 2.73. The Kier molecular flexibility index (Phi) is 6.31. The van der Waals surface area contributed by atoms with Crippen LogP contribution in [0.2, 0.25) is 0 Å². The van der Waals surface area contributed by atoms with Crippen molar-refractivity contribution in [1.82, 2.24) is 5.32 Å². The van der Waals surface area contributed by atoms with Crippen LogP contribution >= 0.6 is 0 Å². The van der Waals surface area contributed by atoms with Gasteiger partial charge in [-0.25, -0.2) is 0 Å². The van der Waals surface area contributed by atoms with Crippen molar-refractivity contribution in [1.29, 1.82) is 0 Å². The fourth-order valence-corrected chi connectivity index (χ4v) is 2.81. The van der Waals surface area contributed by atoms with Gasteiger partial charge in [0.15, 0.2) is 0 Å². The van der Waals surface area contributed by atoms with E-state index >= 15 is 0 Å². The first kappa shape index (κ1) is 13.0. The number of hydrogen-bond donors (Lipinski definition) is 1. The Morgan fingerprint density at radius 3 is 2.33 bits per heavy atom. The predicted octanol–water partition coefficient (Wildman–Crippen LogP) is 4.13.